The molecule has 2 N–H and O–H groups in total. The Bertz CT molecular complexity index is 217. The van der Waals surface area contributed by atoms with E-state index in [1.165, 1.54) is 4.90 Å². The predicted octanol–water partition coefficient (Wildman–Crippen LogP) is 0.275. The van der Waals surface area contributed by atoms with Gasteiger partial charge in [0.2, 0.25) is 11.8 Å². The van der Waals surface area contributed by atoms with E-state index in [1.807, 2.05) is 13.8 Å². The normalized spacial score (nSPS) is 12.6. The number of carbonyl (C=O) groups is 2. The standard InChI is InChI=1S/C9H18N2O2S/c1-6(2)4-11(5-8(10)12)9(13)7(3)14/h6-7,14H,4-5H2,1-3H3,(H2,10,12). The average Bonchev–Trinajstić information content (AvgIpc) is 1.99. The molecule has 0 aliphatic heterocycles. The molecule has 0 saturated heterocycles. The molecule has 0 aromatic rings. The van der Waals surface area contributed by atoms with Crippen LogP contribution < -0.4 is 5.73 Å². The summed E-state index contributed by atoms with van der Waals surface area (Å²) in [4.78, 5) is 23.7. The summed E-state index contributed by atoms with van der Waals surface area (Å²) in [7, 11) is 0. The molecular formula is C9H18N2O2S. The molecule has 14 heavy (non-hydrogen) atoms. The molecule has 0 bridgehead atoms. The quantitative estimate of drug-likeness (QED) is 0.651. The molecular weight excluding hydrogens is 200 g/mol. The van der Waals surface area contributed by atoms with Crippen molar-refractivity contribution in [2.75, 3.05) is 13.1 Å². The van der Waals surface area contributed by atoms with Crippen LogP contribution in [0.2, 0.25) is 0 Å². The first-order chi connectivity index (χ1) is 6.34. The van der Waals surface area contributed by atoms with Gasteiger partial charge >= 0.3 is 0 Å². The Kier molecular flexibility index (Phi) is 5.60. The summed E-state index contributed by atoms with van der Waals surface area (Å²) in [6.07, 6.45) is 0. The van der Waals surface area contributed by atoms with Gasteiger partial charge in [0.1, 0.15) is 0 Å². The van der Waals surface area contributed by atoms with Gasteiger partial charge < -0.3 is 10.6 Å². The van der Waals surface area contributed by atoms with Crippen LogP contribution in [0.25, 0.3) is 0 Å². The van der Waals surface area contributed by atoms with Gasteiger partial charge in [-0.25, -0.2) is 0 Å². The molecule has 0 aromatic carbocycles. The summed E-state index contributed by atoms with van der Waals surface area (Å²) in [6.45, 7) is 6.14. The lowest BCUT2D eigenvalue weighted by Gasteiger charge is -2.24. The van der Waals surface area contributed by atoms with Crippen molar-refractivity contribution < 1.29 is 9.59 Å². The van der Waals surface area contributed by atoms with Crippen LogP contribution in [0.3, 0.4) is 0 Å². The molecule has 1 atom stereocenters. The molecule has 2 amide bonds. The fraction of sp³-hybridized carbons (Fsp3) is 0.778. The van der Waals surface area contributed by atoms with Crippen molar-refractivity contribution in [2.45, 2.75) is 26.0 Å². The molecule has 4 nitrogen and oxygen atoms in total. The molecule has 1 unspecified atom stereocenters. The Morgan fingerprint density at radius 3 is 2.14 bits per heavy atom. The minimum Gasteiger partial charge on any atom is -0.368 e. The molecule has 82 valence electrons. The molecule has 5 heteroatoms. The van der Waals surface area contributed by atoms with Gasteiger partial charge in [0, 0.05) is 6.54 Å². The van der Waals surface area contributed by atoms with Gasteiger partial charge in [-0.1, -0.05) is 13.8 Å². The van der Waals surface area contributed by atoms with Crippen LogP contribution in [0, 0.1) is 5.92 Å². The first kappa shape index (κ1) is 13.3. The average molecular weight is 218 g/mol. The van der Waals surface area contributed by atoms with Crippen LogP contribution in [0.15, 0.2) is 0 Å². The fourth-order valence-electron chi connectivity index (χ4n) is 1.13. The smallest absolute Gasteiger partial charge is 0.237 e. The Labute approximate surface area is 90.2 Å². The Morgan fingerprint density at radius 2 is 1.86 bits per heavy atom. The van der Waals surface area contributed by atoms with Crippen molar-refractivity contribution in [2.24, 2.45) is 11.7 Å². The van der Waals surface area contributed by atoms with Crippen molar-refractivity contribution in [1.82, 2.24) is 4.90 Å². The second-order valence-corrected chi connectivity index (χ2v) is 4.53. The van der Waals surface area contributed by atoms with Crippen LogP contribution in [0.5, 0.6) is 0 Å². The number of carbonyl (C=O) groups excluding carboxylic acids is 2. The van der Waals surface area contributed by atoms with E-state index in [2.05, 4.69) is 12.6 Å². The summed E-state index contributed by atoms with van der Waals surface area (Å²) in [6, 6.07) is 0. The van der Waals surface area contributed by atoms with E-state index in [0.29, 0.717) is 12.5 Å². The van der Waals surface area contributed by atoms with E-state index >= 15 is 0 Å². The molecule has 0 aromatic heterocycles. The van der Waals surface area contributed by atoms with Crippen molar-refractivity contribution in [3.05, 3.63) is 0 Å². The number of thiol groups is 1. The lowest BCUT2D eigenvalue weighted by molar-refractivity contribution is -0.134. The summed E-state index contributed by atoms with van der Waals surface area (Å²) >= 11 is 4.03. The maximum absolute atomic E-state index is 11.6. The summed E-state index contributed by atoms with van der Waals surface area (Å²) < 4.78 is 0. The van der Waals surface area contributed by atoms with Gasteiger partial charge in [0.15, 0.2) is 0 Å². The lowest BCUT2D eigenvalue weighted by atomic mass is 10.2. The largest absolute Gasteiger partial charge is 0.368 e. The second kappa shape index (κ2) is 5.90. The highest BCUT2D eigenvalue weighted by molar-refractivity contribution is 7.81. The first-order valence-electron chi connectivity index (χ1n) is 4.59. The number of hydrogen-bond donors (Lipinski definition) is 2. The topological polar surface area (TPSA) is 63.4 Å². The van der Waals surface area contributed by atoms with Crippen LogP contribution in [-0.4, -0.2) is 35.1 Å². The number of rotatable bonds is 5. The van der Waals surface area contributed by atoms with Gasteiger partial charge in [-0.3, -0.25) is 9.59 Å². The lowest BCUT2D eigenvalue weighted by Crippen LogP contribution is -2.43. The Balaban J connectivity index is 4.38. The number of nitrogens with zero attached hydrogens (tertiary/aromatic N) is 1. The van der Waals surface area contributed by atoms with Gasteiger partial charge in [0.25, 0.3) is 0 Å². The summed E-state index contributed by atoms with van der Waals surface area (Å²) in [5, 5.41) is -0.395. The number of nitrogens with two attached hydrogens (primary N) is 1. The van der Waals surface area contributed by atoms with E-state index in [1.54, 1.807) is 6.92 Å². The van der Waals surface area contributed by atoms with E-state index in [9.17, 15) is 9.59 Å². The third-order valence-electron chi connectivity index (χ3n) is 1.60. The van der Waals surface area contributed by atoms with Gasteiger partial charge in [-0.2, -0.15) is 12.6 Å². The Hall–Kier alpha value is -0.710. The van der Waals surface area contributed by atoms with E-state index in [0.717, 1.165) is 0 Å². The highest BCUT2D eigenvalue weighted by Gasteiger charge is 2.19. The van der Waals surface area contributed by atoms with E-state index < -0.39 is 11.2 Å². The molecule has 0 heterocycles. The zero-order valence-electron chi connectivity index (χ0n) is 8.86. The van der Waals surface area contributed by atoms with Crippen molar-refractivity contribution in [3.63, 3.8) is 0 Å². The summed E-state index contributed by atoms with van der Waals surface area (Å²) in [5.74, 6) is -0.334. The number of hydrogen-bond acceptors (Lipinski definition) is 3. The van der Waals surface area contributed by atoms with E-state index in [4.69, 9.17) is 5.73 Å². The van der Waals surface area contributed by atoms with Crippen LogP contribution in [0.4, 0.5) is 0 Å². The maximum Gasteiger partial charge on any atom is 0.237 e. The van der Waals surface area contributed by atoms with Crippen molar-refractivity contribution >= 4 is 24.4 Å². The number of primary amides is 1. The van der Waals surface area contributed by atoms with E-state index in [-0.39, 0.29) is 12.5 Å². The van der Waals surface area contributed by atoms with Gasteiger partial charge in [-0.05, 0) is 12.8 Å². The SMILES string of the molecule is CC(C)CN(CC(N)=O)C(=O)C(C)S. The third kappa shape index (κ3) is 5.11. The molecule has 0 spiro atoms. The first-order valence-corrected chi connectivity index (χ1v) is 5.11. The molecule has 0 fully saturated rings. The maximum atomic E-state index is 11.6. The highest BCUT2D eigenvalue weighted by Crippen LogP contribution is 2.04. The second-order valence-electron chi connectivity index (χ2n) is 3.75. The third-order valence-corrected chi connectivity index (χ3v) is 1.82. The van der Waals surface area contributed by atoms with Gasteiger partial charge in [0.05, 0.1) is 11.8 Å². The molecule has 0 aliphatic carbocycles. The summed E-state index contributed by atoms with van der Waals surface area (Å²) in [5.41, 5.74) is 5.05. The van der Waals surface area contributed by atoms with Crippen molar-refractivity contribution in [1.29, 1.82) is 0 Å². The molecule has 0 radical (unpaired) electrons. The molecule has 0 aliphatic rings. The minimum atomic E-state index is -0.493. The fourth-order valence-corrected chi connectivity index (χ4v) is 1.29. The van der Waals surface area contributed by atoms with Crippen LogP contribution in [0.1, 0.15) is 20.8 Å². The molecule has 0 rings (SSSR count). The van der Waals surface area contributed by atoms with Crippen molar-refractivity contribution in [3.8, 4) is 0 Å². The number of amides is 2. The monoisotopic (exact) mass is 218 g/mol. The minimum absolute atomic E-state index is 0.0259. The zero-order valence-corrected chi connectivity index (χ0v) is 9.75. The van der Waals surface area contributed by atoms with Crippen LogP contribution in [-0.2, 0) is 9.59 Å². The predicted molar refractivity (Wildman–Crippen MR) is 59.1 cm³/mol. The van der Waals surface area contributed by atoms with Crippen LogP contribution >= 0.6 is 12.6 Å². The zero-order chi connectivity index (χ0) is 11.3. The van der Waals surface area contributed by atoms with Gasteiger partial charge in [-0.15, -0.1) is 0 Å². The molecule has 0 saturated carbocycles. The highest BCUT2D eigenvalue weighted by atomic mass is 32.1. The Morgan fingerprint density at radius 1 is 1.36 bits per heavy atom.